The van der Waals surface area contributed by atoms with Crippen LogP contribution in [0.3, 0.4) is 0 Å². The maximum Gasteiger partial charge on any atom is 0.302 e. The van der Waals surface area contributed by atoms with Crippen LogP contribution in [0.4, 0.5) is 0 Å². The summed E-state index contributed by atoms with van der Waals surface area (Å²) in [4.78, 5) is 11.0. The minimum atomic E-state index is -0.115. The summed E-state index contributed by atoms with van der Waals surface area (Å²) in [5.41, 5.74) is 0. The maximum absolute atomic E-state index is 11.0. The zero-order valence-corrected chi connectivity index (χ0v) is 10.3. The maximum atomic E-state index is 11.0. The van der Waals surface area contributed by atoms with Crippen molar-refractivity contribution in [3.05, 3.63) is 0 Å². The number of unbranched alkanes of at least 4 members (excludes halogenated alkanes) is 1. The highest BCUT2D eigenvalue weighted by molar-refractivity contribution is 5.66. The third-order valence-corrected chi connectivity index (χ3v) is 3.56. The first kappa shape index (κ1) is 12.5. The first-order valence-corrected chi connectivity index (χ1v) is 6.32. The highest BCUT2D eigenvalue weighted by atomic mass is 16.5. The third-order valence-electron chi connectivity index (χ3n) is 3.56. The SMILES string of the molecule is CCCCC1C(C)CCCC1OC(C)=O. The molecule has 0 aliphatic heterocycles. The van der Waals surface area contributed by atoms with Crippen molar-refractivity contribution in [1.29, 1.82) is 0 Å². The van der Waals surface area contributed by atoms with Crippen LogP contribution in [-0.4, -0.2) is 12.1 Å². The van der Waals surface area contributed by atoms with Gasteiger partial charge in [-0.25, -0.2) is 0 Å². The summed E-state index contributed by atoms with van der Waals surface area (Å²) in [5, 5.41) is 0. The molecule has 1 aliphatic carbocycles. The molecule has 2 nitrogen and oxygen atoms in total. The van der Waals surface area contributed by atoms with Crippen molar-refractivity contribution < 1.29 is 9.53 Å². The lowest BCUT2D eigenvalue weighted by Crippen LogP contribution is -2.34. The summed E-state index contributed by atoms with van der Waals surface area (Å²) >= 11 is 0. The topological polar surface area (TPSA) is 26.3 Å². The molecule has 0 spiro atoms. The van der Waals surface area contributed by atoms with E-state index in [-0.39, 0.29) is 12.1 Å². The van der Waals surface area contributed by atoms with Gasteiger partial charge in [-0.1, -0.05) is 33.1 Å². The van der Waals surface area contributed by atoms with Crippen molar-refractivity contribution in [1.82, 2.24) is 0 Å². The van der Waals surface area contributed by atoms with Gasteiger partial charge in [-0.2, -0.15) is 0 Å². The van der Waals surface area contributed by atoms with E-state index in [0.717, 1.165) is 12.3 Å². The molecule has 3 unspecified atom stereocenters. The lowest BCUT2D eigenvalue weighted by molar-refractivity contribution is -0.152. The molecule has 0 radical (unpaired) electrons. The molecule has 1 saturated carbocycles. The van der Waals surface area contributed by atoms with Gasteiger partial charge in [-0.05, 0) is 31.1 Å². The van der Waals surface area contributed by atoms with Crippen molar-refractivity contribution in [2.24, 2.45) is 11.8 Å². The van der Waals surface area contributed by atoms with Crippen LogP contribution in [0.2, 0.25) is 0 Å². The first-order chi connectivity index (χ1) is 7.15. The van der Waals surface area contributed by atoms with E-state index >= 15 is 0 Å². The molecule has 0 N–H and O–H groups in total. The summed E-state index contributed by atoms with van der Waals surface area (Å²) in [7, 11) is 0. The van der Waals surface area contributed by atoms with Crippen molar-refractivity contribution >= 4 is 5.97 Å². The second-order valence-electron chi connectivity index (χ2n) is 4.86. The van der Waals surface area contributed by atoms with E-state index in [4.69, 9.17) is 4.74 Å². The van der Waals surface area contributed by atoms with Crippen molar-refractivity contribution in [2.75, 3.05) is 0 Å². The van der Waals surface area contributed by atoms with Crippen LogP contribution < -0.4 is 0 Å². The van der Waals surface area contributed by atoms with Gasteiger partial charge in [0.2, 0.25) is 0 Å². The Morgan fingerprint density at radius 1 is 1.40 bits per heavy atom. The smallest absolute Gasteiger partial charge is 0.302 e. The average Bonchev–Trinajstić information content (AvgIpc) is 2.16. The second kappa shape index (κ2) is 6.14. The van der Waals surface area contributed by atoms with Gasteiger partial charge in [-0.15, -0.1) is 0 Å². The molecular formula is C13H24O2. The lowest BCUT2D eigenvalue weighted by atomic mass is 9.76. The Balaban J connectivity index is 2.51. The van der Waals surface area contributed by atoms with E-state index in [9.17, 15) is 4.79 Å². The summed E-state index contributed by atoms with van der Waals surface area (Å²) in [6.07, 6.45) is 7.47. The molecule has 1 aliphatic rings. The molecule has 0 bridgehead atoms. The van der Waals surface area contributed by atoms with Crippen LogP contribution in [0.1, 0.15) is 59.3 Å². The molecule has 0 saturated heterocycles. The van der Waals surface area contributed by atoms with Gasteiger partial charge in [0.05, 0.1) is 0 Å². The molecule has 0 aromatic heterocycles. The van der Waals surface area contributed by atoms with Gasteiger partial charge in [0, 0.05) is 6.92 Å². The van der Waals surface area contributed by atoms with Gasteiger partial charge in [0.15, 0.2) is 0 Å². The summed E-state index contributed by atoms with van der Waals surface area (Å²) < 4.78 is 5.43. The number of hydrogen-bond donors (Lipinski definition) is 0. The minimum absolute atomic E-state index is 0.115. The molecule has 1 fully saturated rings. The number of ether oxygens (including phenoxy) is 1. The largest absolute Gasteiger partial charge is 0.462 e. The van der Waals surface area contributed by atoms with Crippen molar-refractivity contribution in [3.63, 3.8) is 0 Å². The molecule has 88 valence electrons. The Kier molecular flexibility index (Phi) is 5.13. The summed E-state index contributed by atoms with van der Waals surface area (Å²) in [6.45, 7) is 6.04. The molecule has 15 heavy (non-hydrogen) atoms. The molecule has 0 aromatic rings. The molecule has 0 aromatic carbocycles. The Morgan fingerprint density at radius 2 is 2.13 bits per heavy atom. The van der Waals surface area contributed by atoms with Crippen LogP contribution in [-0.2, 0) is 9.53 Å². The molecule has 3 atom stereocenters. The Bertz CT molecular complexity index is 201. The lowest BCUT2D eigenvalue weighted by Gasteiger charge is -2.35. The molecule has 0 amide bonds. The van der Waals surface area contributed by atoms with Gasteiger partial charge < -0.3 is 4.74 Å². The van der Waals surface area contributed by atoms with E-state index < -0.39 is 0 Å². The van der Waals surface area contributed by atoms with Crippen molar-refractivity contribution in [3.8, 4) is 0 Å². The molecule has 0 heterocycles. The molecule has 1 rings (SSSR count). The number of esters is 1. The first-order valence-electron chi connectivity index (χ1n) is 6.32. The van der Waals surface area contributed by atoms with E-state index in [2.05, 4.69) is 13.8 Å². The van der Waals surface area contributed by atoms with Gasteiger partial charge in [-0.3, -0.25) is 4.79 Å². The number of carbonyl (C=O) groups excluding carboxylic acids is 1. The van der Waals surface area contributed by atoms with E-state index in [1.54, 1.807) is 0 Å². The zero-order chi connectivity index (χ0) is 11.3. The Labute approximate surface area is 93.4 Å². The summed E-state index contributed by atoms with van der Waals surface area (Å²) in [5.74, 6) is 1.20. The van der Waals surface area contributed by atoms with E-state index in [1.165, 1.54) is 39.0 Å². The number of hydrogen-bond acceptors (Lipinski definition) is 2. The normalized spacial score (nSPS) is 31.3. The predicted octanol–water partition coefficient (Wildman–Crippen LogP) is 3.54. The second-order valence-corrected chi connectivity index (χ2v) is 4.86. The highest BCUT2D eigenvalue weighted by Gasteiger charge is 2.31. The Hall–Kier alpha value is -0.530. The van der Waals surface area contributed by atoms with Gasteiger partial charge >= 0.3 is 5.97 Å². The quantitative estimate of drug-likeness (QED) is 0.666. The highest BCUT2D eigenvalue weighted by Crippen LogP contribution is 2.35. The zero-order valence-electron chi connectivity index (χ0n) is 10.3. The van der Waals surface area contributed by atoms with Crippen molar-refractivity contribution in [2.45, 2.75) is 65.4 Å². The summed E-state index contributed by atoms with van der Waals surface area (Å²) in [6, 6.07) is 0. The van der Waals surface area contributed by atoms with E-state index in [0.29, 0.717) is 5.92 Å². The fourth-order valence-corrected chi connectivity index (χ4v) is 2.71. The number of rotatable bonds is 4. The Morgan fingerprint density at radius 3 is 2.73 bits per heavy atom. The van der Waals surface area contributed by atoms with Crippen LogP contribution in [0.15, 0.2) is 0 Å². The fourth-order valence-electron chi connectivity index (χ4n) is 2.71. The van der Waals surface area contributed by atoms with Crippen LogP contribution in [0, 0.1) is 11.8 Å². The number of carbonyl (C=O) groups is 1. The standard InChI is InChI=1S/C13H24O2/c1-4-5-8-12-10(2)7-6-9-13(12)15-11(3)14/h10,12-13H,4-9H2,1-3H3. The van der Waals surface area contributed by atoms with Crippen LogP contribution in [0.25, 0.3) is 0 Å². The molecular weight excluding hydrogens is 188 g/mol. The predicted molar refractivity (Wildman–Crippen MR) is 61.6 cm³/mol. The monoisotopic (exact) mass is 212 g/mol. The molecule has 2 heteroatoms. The van der Waals surface area contributed by atoms with Gasteiger partial charge in [0.1, 0.15) is 6.10 Å². The van der Waals surface area contributed by atoms with Gasteiger partial charge in [0.25, 0.3) is 0 Å². The van der Waals surface area contributed by atoms with Crippen LogP contribution >= 0.6 is 0 Å². The fraction of sp³-hybridized carbons (Fsp3) is 0.923. The minimum Gasteiger partial charge on any atom is -0.462 e. The average molecular weight is 212 g/mol. The third kappa shape index (κ3) is 3.84. The van der Waals surface area contributed by atoms with E-state index in [1.807, 2.05) is 0 Å². The van der Waals surface area contributed by atoms with Crippen LogP contribution in [0.5, 0.6) is 0 Å².